The van der Waals surface area contributed by atoms with Gasteiger partial charge in [-0.3, -0.25) is 4.21 Å². The predicted octanol–water partition coefficient (Wildman–Crippen LogP) is 1.85. The predicted molar refractivity (Wildman–Crippen MR) is 70.5 cm³/mol. The van der Waals surface area contributed by atoms with Gasteiger partial charge in [-0.05, 0) is 12.0 Å². The molecule has 0 spiro atoms. The lowest BCUT2D eigenvalue weighted by Gasteiger charge is -2.30. The average molecular weight is 253 g/mol. The van der Waals surface area contributed by atoms with Gasteiger partial charge in [0.25, 0.3) is 0 Å². The SMILES string of the molecule is CC(C)CS(=O)C1COc2ccccc2C1N. The van der Waals surface area contributed by atoms with Gasteiger partial charge in [0.1, 0.15) is 12.4 Å². The van der Waals surface area contributed by atoms with E-state index in [9.17, 15) is 4.21 Å². The summed E-state index contributed by atoms with van der Waals surface area (Å²) >= 11 is 0. The van der Waals surface area contributed by atoms with Crippen LogP contribution in [-0.4, -0.2) is 21.8 Å². The van der Waals surface area contributed by atoms with E-state index in [1.807, 2.05) is 24.3 Å². The van der Waals surface area contributed by atoms with E-state index < -0.39 is 10.8 Å². The molecule has 0 aromatic heterocycles. The van der Waals surface area contributed by atoms with E-state index in [4.69, 9.17) is 10.5 Å². The van der Waals surface area contributed by atoms with Crippen molar-refractivity contribution in [1.82, 2.24) is 0 Å². The van der Waals surface area contributed by atoms with E-state index >= 15 is 0 Å². The zero-order valence-corrected chi connectivity index (χ0v) is 11.1. The smallest absolute Gasteiger partial charge is 0.124 e. The van der Waals surface area contributed by atoms with Gasteiger partial charge in [0.05, 0.1) is 11.3 Å². The number of rotatable bonds is 3. The van der Waals surface area contributed by atoms with Crippen molar-refractivity contribution in [2.45, 2.75) is 25.1 Å². The first kappa shape index (κ1) is 12.6. The summed E-state index contributed by atoms with van der Waals surface area (Å²) in [4.78, 5) is 0. The third-order valence-corrected chi connectivity index (χ3v) is 5.02. The minimum atomic E-state index is -0.924. The van der Waals surface area contributed by atoms with Gasteiger partial charge in [0, 0.05) is 22.1 Å². The minimum absolute atomic E-state index is 0.0905. The van der Waals surface area contributed by atoms with E-state index in [-0.39, 0.29) is 11.3 Å². The topological polar surface area (TPSA) is 52.3 Å². The third-order valence-electron chi connectivity index (χ3n) is 2.92. The molecule has 2 N–H and O–H groups in total. The minimum Gasteiger partial charge on any atom is -0.492 e. The lowest BCUT2D eigenvalue weighted by atomic mass is 10.0. The molecule has 3 nitrogen and oxygen atoms in total. The maximum atomic E-state index is 12.2. The van der Waals surface area contributed by atoms with Crippen LogP contribution in [0.1, 0.15) is 25.5 Å². The largest absolute Gasteiger partial charge is 0.492 e. The summed E-state index contributed by atoms with van der Waals surface area (Å²) in [6.07, 6.45) is 0. The Morgan fingerprint density at radius 1 is 1.47 bits per heavy atom. The Hall–Kier alpha value is -0.870. The fraction of sp³-hybridized carbons (Fsp3) is 0.538. The van der Waals surface area contributed by atoms with Crippen molar-refractivity contribution in [3.05, 3.63) is 29.8 Å². The van der Waals surface area contributed by atoms with Crippen molar-refractivity contribution in [2.24, 2.45) is 11.7 Å². The molecule has 0 aliphatic carbocycles. The van der Waals surface area contributed by atoms with Crippen molar-refractivity contribution < 1.29 is 8.95 Å². The molecule has 3 atom stereocenters. The van der Waals surface area contributed by atoms with Crippen LogP contribution in [0.3, 0.4) is 0 Å². The maximum absolute atomic E-state index is 12.2. The van der Waals surface area contributed by atoms with Gasteiger partial charge in [-0.15, -0.1) is 0 Å². The molecule has 0 radical (unpaired) electrons. The van der Waals surface area contributed by atoms with E-state index in [0.717, 1.165) is 11.3 Å². The number of fused-ring (bicyclic) bond motifs is 1. The number of ether oxygens (including phenoxy) is 1. The highest BCUT2D eigenvalue weighted by molar-refractivity contribution is 7.85. The van der Waals surface area contributed by atoms with Crippen LogP contribution < -0.4 is 10.5 Å². The summed E-state index contributed by atoms with van der Waals surface area (Å²) in [6, 6.07) is 7.56. The van der Waals surface area contributed by atoms with Crippen LogP contribution in [0.15, 0.2) is 24.3 Å². The molecule has 1 aliphatic rings. The molecule has 1 aliphatic heterocycles. The summed E-state index contributed by atoms with van der Waals surface area (Å²) in [5.74, 6) is 1.93. The Kier molecular flexibility index (Phi) is 3.84. The lowest BCUT2D eigenvalue weighted by molar-refractivity contribution is 0.273. The fourth-order valence-electron chi connectivity index (χ4n) is 2.05. The van der Waals surface area contributed by atoms with Crippen molar-refractivity contribution in [1.29, 1.82) is 0 Å². The number of nitrogens with two attached hydrogens (primary N) is 1. The first-order chi connectivity index (χ1) is 8.09. The van der Waals surface area contributed by atoms with Gasteiger partial charge in [0.2, 0.25) is 0 Å². The summed E-state index contributed by atoms with van der Waals surface area (Å²) < 4.78 is 17.8. The second-order valence-electron chi connectivity index (χ2n) is 4.85. The number of para-hydroxylation sites is 1. The number of hydrogen-bond donors (Lipinski definition) is 1. The first-order valence-electron chi connectivity index (χ1n) is 5.94. The maximum Gasteiger partial charge on any atom is 0.124 e. The third kappa shape index (κ3) is 2.69. The Morgan fingerprint density at radius 2 is 2.18 bits per heavy atom. The Balaban J connectivity index is 2.17. The van der Waals surface area contributed by atoms with E-state index in [1.54, 1.807) is 0 Å². The van der Waals surface area contributed by atoms with Crippen molar-refractivity contribution >= 4 is 10.8 Å². The molecule has 17 heavy (non-hydrogen) atoms. The van der Waals surface area contributed by atoms with Crippen LogP contribution in [0, 0.1) is 5.92 Å². The van der Waals surface area contributed by atoms with Crippen LogP contribution in [0.25, 0.3) is 0 Å². The van der Waals surface area contributed by atoms with Crippen molar-refractivity contribution in [2.75, 3.05) is 12.4 Å². The fourth-order valence-corrected chi connectivity index (χ4v) is 3.65. The highest BCUT2D eigenvalue weighted by Gasteiger charge is 2.32. The molecule has 0 bridgehead atoms. The van der Waals surface area contributed by atoms with Gasteiger partial charge in [-0.2, -0.15) is 0 Å². The Morgan fingerprint density at radius 3 is 2.88 bits per heavy atom. The monoisotopic (exact) mass is 253 g/mol. The molecule has 0 saturated heterocycles. The lowest BCUT2D eigenvalue weighted by Crippen LogP contribution is -2.40. The summed E-state index contributed by atoms with van der Waals surface area (Å²) in [5, 5.41) is -0.0905. The second-order valence-corrected chi connectivity index (χ2v) is 6.55. The van der Waals surface area contributed by atoms with Crippen LogP contribution in [0.5, 0.6) is 5.75 Å². The summed E-state index contributed by atoms with van der Waals surface area (Å²) in [5.41, 5.74) is 7.17. The van der Waals surface area contributed by atoms with Gasteiger partial charge < -0.3 is 10.5 Å². The first-order valence-corrected chi connectivity index (χ1v) is 7.32. The normalized spacial score (nSPS) is 25.2. The highest BCUT2D eigenvalue weighted by Crippen LogP contribution is 2.32. The molecule has 3 unspecified atom stereocenters. The molecule has 1 aromatic rings. The van der Waals surface area contributed by atoms with Gasteiger partial charge in [-0.25, -0.2) is 0 Å². The van der Waals surface area contributed by atoms with Crippen LogP contribution in [-0.2, 0) is 10.8 Å². The molecule has 0 amide bonds. The molecule has 0 fully saturated rings. The standard InChI is InChI=1S/C13H19NO2S/c1-9(2)8-17(15)12-7-16-11-6-4-3-5-10(11)13(12)14/h3-6,9,12-13H,7-8,14H2,1-2H3. The van der Waals surface area contributed by atoms with E-state index in [2.05, 4.69) is 13.8 Å². The van der Waals surface area contributed by atoms with Crippen molar-refractivity contribution in [3.8, 4) is 5.75 Å². The van der Waals surface area contributed by atoms with E-state index in [0.29, 0.717) is 18.3 Å². The second kappa shape index (κ2) is 5.19. The summed E-state index contributed by atoms with van der Waals surface area (Å²) in [7, 11) is -0.924. The Bertz CT molecular complexity index is 420. The molecule has 0 saturated carbocycles. The van der Waals surface area contributed by atoms with E-state index in [1.165, 1.54) is 0 Å². The van der Waals surface area contributed by atoms with Gasteiger partial charge in [-0.1, -0.05) is 32.0 Å². The molecular formula is C13H19NO2S. The molecule has 2 rings (SSSR count). The average Bonchev–Trinajstić information content (AvgIpc) is 2.28. The summed E-state index contributed by atoms with van der Waals surface area (Å²) in [6.45, 7) is 4.60. The van der Waals surface area contributed by atoms with Crippen LogP contribution in [0.2, 0.25) is 0 Å². The Labute approximate surface area is 105 Å². The zero-order valence-electron chi connectivity index (χ0n) is 10.3. The number of hydrogen-bond acceptors (Lipinski definition) is 3. The van der Waals surface area contributed by atoms with Crippen LogP contribution >= 0.6 is 0 Å². The quantitative estimate of drug-likeness (QED) is 0.894. The molecular weight excluding hydrogens is 234 g/mol. The number of benzene rings is 1. The zero-order chi connectivity index (χ0) is 12.4. The molecule has 94 valence electrons. The molecule has 1 aromatic carbocycles. The van der Waals surface area contributed by atoms with Gasteiger partial charge in [0.15, 0.2) is 0 Å². The van der Waals surface area contributed by atoms with Gasteiger partial charge >= 0.3 is 0 Å². The highest BCUT2D eigenvalue weighted by atomic mass is 32.2. The van der Waals surface area contributed by atoms with Crippen LogP contribution in [0.4, 0.5) is 0 Å². The molecule has 1 heterocycles. The van der Waals surface area contributed by atoms with Crippen molar-refractivity contribution in [3.63, 3.8) is 0 Å². The molecule has 4 heteroatoms.